The number of carbonyl (C=O) groups is 1. The molecule has 0 unspecified atom stereocenters. The summed E-state index contributed by atoms with van der Waals surface area (Å²) >= 11 is 1.78. The molecule has 2 rings (SSSR count). The van der Waals surface area contributed by atoms with Gasteiger partial charge in [-0.1, -0.05) is 12.1 Å². The average molecular weight is 264 g/mol. The van der Waals surface area contributed by atoms with E-state index in [1.807, 2.05) is 23.1 Å². The van der Waals surface area contributed by atoms with Gasteiger partial charge in [0.15, 0.2) is 0 Å². The third-order valence-electron chi connectivity index (χ3n) is 3.28. The SMILES string of the molecule is CSCc1cccc(C(=O)N2CCN(C)CC2)c1. The first-order valence-electron chi connectivity index (χ1n) is 6.26. The summed E-state index contributed by atoms with van der Waals surface area (Å²) in [7, 11) is 2.10. The molecule has 1 aromatic carbocycles. The fourth-order valence-corrected chi connectivity index (χ4v) is 2.67. The normalized spacial score (nSPS) is 16.9. The van der Waals surface area contributed by atoms with Crippen LogP contribution in [-0.4, -0.2) is 55.2 Å². The van der Waals surface area contributed by atoms with Crippen LogP contribution in [-0.2, 0) is 5.75 Å². The van der Waals surface area contributed by atoms with Gasteiger partial charge >= 0.3 is 0 Å². The van der Waals surface area contributed by atoms with Gasteiger partial charge in [-0.2, -0.15) is 11.8 Å². The van der Waals surface area contributed by atoms with E-state index in [4.69, 9.17) is 0 Å². The second-order valence-corrected chi connectivity index (χ2v) is 5.59. The summed E-state index contributed by atoms with van der Waals surface area (Å²) in [5.41, 5.74) is 2.05. The first-order valence-corrected chi connectivity index (χ1v) is 7.66. The Hall–Kier alpha value is -1.00. The molecule has 0 saturated carbocycles. The molecule has 0 bridgehead atoms. The van der Waals surface area contributed by atoms with Crippen molar-refractivity contribution >= 4 is 17.7 Å². The maximum atomic E-state index is 12.4. The van der Waals surface area contributed by atoms with Crippen molar-refractivity contribution in [3.05, 3.63) is 35.4 Å². The smallest absolute Gasteiger partial charge is 0.253 e. The number of hydrogen-bond acceptors (Lipinski definition) is 3. The zero-order chi connectivity index (χ0) is 13.0. The number of hydrogen-bond donors (Lipinski definition) is 0. The van der Waals surface area contributed by atoms with Gasteiger partial charge in [-0.3, -0.25) is 4.79 Å². The second kappa shape index (κ2) is 6.25. The van der Waals surface area contributed by atoms with Gasteiger partial charge in [-0.05, 0) is 31.0 Å². The number of benzene rings is 1. The van der Waals surface area contributed by atoms with Gasteiger partial charge in [0.05, 0.1) is 0 Å². The van der Waals surface area contributed by atoms with Gasteiger partial charge < -0.3 is 9.80 Å². The lowest BCUT2D eigenvalue weighted by Gasteiger charge is -2.32. The molecule has 0 aliphatic carbocycles. The molecule has 1 aliphatic rings. The average Bonchev–Trinajstić information content (AvgIpc) is 2.39. The Balaban J connectivity index is 2.06. The Bertz CT molecular complexity index is 414. The highest BCUT2D eigenvalue weighted by Gasteiger charge is 2.20. The highest BCUT2D eigenvalue weighted by molar-refractivity contribution is 7.97. The molecule has 1 saturated heterocycles. The number of carbonyl (C=O) groups excluding carboxylic acids is 1. The molecule has 18 heavy (non-hydrogen) atoms. The van der Waals surface area contributed by atoms with Crippen molar-refractivity contribution in [2.75, 3.05) is 39.5 Å². The second-order valence-electron chi connectivity index (χ2n) is 4.73. The highest BCUT2D eigenvalue weighted by atomic mass is 32.2. The lowest BCUT2D eigenvalue weighted by atomic mass is 10.1. The van der Waals surface area contributed by atoms with Crippen LogP contribution in [0.1, 0.15) is 15.9 Å². The molecule has 98 valence electrons. The van der Waals surface area contributed by atoms with Crippen molar-refractivity contribution in [3.8, 4) is 0 Å². The quantitative estimate of drug-likeness (QED) is 0.833. The molecule has 0 atom stereocenters. The number of nitrogens with zero attached hydrogens (tertiary/aromatic N) is 2. The maximum absolute atomic E-state index is 12.4. The lowest BCUT2D eigenvalue weighted by Crippen LogP contribution is -2.47. The van der Waals surface area contributed by atoms with E-state index in [-0.39, 0.29) is 5.91 Å². The predicted molar refractivity (Wildman–Crippen MR) is 77.1 cm³/mol. The molecule has 1 fully saturated rings. The summed E-state index contributed by atoms with van der Waals surface area (Å²) in [6, 6.07) is 8.01. The third kappa shape index (κ3) is 3.27. The number of piperazine rings is 1. The molecule has 1 aliphatic heterocycles. The number of rotatable bonds is 3. The van der Waals surface area contributed by atoms with E-state index in [2.05, 4.69) is 24.3 Å². The van der Waals surface area contributed by atoms with Gasteiger partial charge in [-0.15, -0.1) is 0 Å². The largest absolute Gasteiger partial charge is 0.336 e. The minimum Gasteiger partial charge on any atom is -0.336 e. The van der Waals surface area contributed by atoms with E-state index in [1.54, 1.807) is 11.8 Å². The van der Waals surface area contributed by atoms with Crippen molar-refractivity contribution in [3.63, 3.8) is 0 Å². The fraction of sp³-hybridized carbons (Fsp3) is 0.500. The lowest BCUT2D eigenvalue weighted by molar-refractivity contribution is 0.0664. The van der Waals surface area contributed by atoms with Crippen LogP contribution in [0.15, 0.2) is 24.3 Å². The van der Waals surface area contributed by atoms with Crippen molar-refractivity contribution in [1.29, 1.82) is 0 Å². The summed E-state index contributed by atoms with van der Waals surface area (Å²) in [5.74, 6) is 1.13. The van der Waals surface area contributed by atoms with Crippen LogP contribution < -0.4 is 0 Å². The van der Waals surface area contributed by atoms with Crippen LogP contribution in [0.4, 0.5) is 0 Å². The van der Waals surface area contributed by atoms with Crippen molar-refractivity contribution in [2.24, 2.45) is 0 Å². The number of likely N-dealkylation sites (N-methyl/N-ethyl adjacent to an activating group) is 1. The van der Waals surface area contributed by atoms with Crippen molar-refractivity contribution < 1.29 is 4.79 Å². The van der Waals surface area contributed by atoms with Crippen LogP contribution in [0, 0.1) is 0 Å². The van der Waals surface area contributed by atoms with Gasteiger partial charge in [0.1, 0.15) is 0 Å². The van der Waals surface area contributed by atoms with Crippen LogP contribution in [0.25, 0.3) is 0 Å². The van der Waals surface area contributed by atoms with Crippen LogP contribution >= 0.6 is 11.8 Å². The van der Waals surface area contributed by atoms with E-state index < -0.39 is 0 Å². The van der Waals surface area contributed by atoms with Crippen LogP contribution in [0.5, 0.6) is 0 Å². The Labute approximate surface area is 113 Å². The summed E-state index contributed by atoms with van der Waals surface area (Å²) in [6.07, 6.45) is 2.08. The number of thioether (sulfide) groups is 1. The Morgan fingerprint density at radius 3 is 2.67 bits per heavy atom. The summed E-state index contributed by atoms with van der Waals surface area (Å²) in [4.78, 5) is 16.6. The van der Waals surface area contributed by atoms with Gasteiger partial charge in [-0.25, -0.2) is 0 Å². The van der Waals surface area contributed by atoms with E-state index in [1.165, 1.54) is 5.56 Å². The van der Waals surface area contributed by atoms with Crippen LogP contribution in [0.3, 0.4) is 0 Å². The molecular formula is C14H20N2OS. The first kappa shape index (κ1) is 13.4. The van der Waals surface area contributed by atoms with E-state index >= 15 is 0 Å². The molecule has 1 heterocycles. The number of amides is 1. The fourth-order valence-electron chi connectivity index (χ4n) is 2.15. The van der Waals surface area contributed by atoms with Crippen molar-refractivity contribution in [1.82, 2.24) is 9.80 Å². The monoisotopic (exact) mass is 264 g/mol. The third-order valence-corrected chi connectivity index (χ3v) is 3.90. The molecule has 1 amide bonds. The first-order chi connectivity index (χ1) is 8.70. The summed E-state index contributed by atoms with van der Waals surface area (Å²) < 4.78 is 0. The minimum absolute atomic E-state index is 0.172. The van der Waals surface area contributed by atoms with Gasteiger partial charge in [0, 0.05) is 37.5 Å². The van der Waals surface area contributed by atoms with Gasteiger partial charge in [0.2, 0.25) is 0 Å². The Kier molecular flexibility index (Phi) is 4.66. The zero-order valence-electron chi connectivity index (χ0n) is 11.1. The standard InChI is InChI=1S/C14H20N2OS/c1-15-6-8-16(9-7-15)14(17)13-5-3-4-12(10-13)11-18-2/h3-5,10H,6-9,11H2,1-2H3. The summed E-state index contributed by atoms with van der Waals surface area (Å²) in [5, 5.41) is 0. The van der Waals surface area contributed by atoms with Crippen molar-refractivity contribution in [2.45, 2.75) is 5.75 Å². The predicted octanol–water partition coefficient (Wildman–Crippen LogP) is 1.94. The molecule has 0 N–H and O–H groups in total. The highest BCUT2D eigenvalue weighted by Crippen LogP contribution is 2.14. The maximum Gasteiger partial charge on any atom is 0.253 e. The molecule has 1 aromatic rings. The molecule has 0 spiro atoms. The topological polar surface area (TPSA) is 23.6 Å². The van der Waals surface area contributed by atoms with E-state index in [9.17, 15) is 4.79 Å². The molecule has 3 nitrogen and oxygen atoms in total. The van der Waals surface area contributed by atoms with E-state index in [0.717, 1.165) is 37.5 Å². The molecular weight excluding hydrogens is 244 g/mol. The Morgan fingerprint density at radius 1 is 1.28 bits per heavy atom. The summed E-state index contributed by atoms with van der Waals surface area (Å²) in [6.45, 7) is 3.61. The minimum atomic E-state index is 0.172. The molecule has 4 heteroatoms. The zero-order valence-corrected chi connectivity index (χ0v) is 11.9. The van der Waals surface area contributed by atoms with Gasteiger partial charge in [0.25, 0.3) is 5.91 Å². The Morgan fingerprint density at radius 2 is 2.00 bits per heavy atom. The van der Waals surface area contributed by atoms with E-state index in [0.29, 0.717) is 0 Å². The molecule has 0 aromatic heterocycles. The van der Waals surface area contributed by atoms with Crippen LogP contribution in [0.2, 0.25) is 0 Å². The molecule has 0 radical (unpaired) electrons.